The van der Waals surface area contributed by atoms with Gasteiger partial charge in [-0.3, -0.25) is 0 Å². The maximum absolute atomic E-state index is 11.1. The standard InChI is InChI=1S/C12H14N4O2/c1-15-6-5-8(7-15)16-10-4-2-3-9(12(17)18)11(10)13-14-16/h2-4,8H,5-7H2,1H3,(H,17,18). The first-order valence-corrected chi connectivity index (χ1v) is 5.92. The summed E-state index contributed by atoms with van der Waals surface area (Å²) in [6, 6.07) is 5.46. The van der Waals surface area contributed by atoms with Crippen LogP contribution in [0, 0.1) is 0 Å². The van der Waals surface area contributed by atoms with E-state index in [9.17, 15) is 4.79 Å². The monoisotopic (exact) mass is 246 g/mol. The number of hydrogen-bond acceptors (Lipinski definition) is 4. The summed E-state index contributed by atoms with van der Waals surface area (Å²) in [5, 5.41) is 17.3. The molecule has 1 saturated heterocycles. The molecule has 1 unspecified atom stereocenters. The van der Waals surface area contributed by atoms with Gasteiger partial charge in [0, 0.05) is 13.1 Å². The van der Waals surface area contributed by atoms with Gasteiger partial charge in [0.15, 0.2) is 0 Å². The van der Waals surface area contributed by atoms with Crippen molar-refractivity contribution in [1.29, 1.82) is 0 Å². The predicted molar refractivity (Wildman–Crippen MR) is 65.6 cm³/mol. The number of fused-ring (bicyclic) bond motifs is 1. The summed E-state index contributed by atoms with van der Waals surface area (Å²) < 4.78 is 1.85. The molecule has 1 fully saturated rings. The van der Waals surface area contributed by atoms with Crippen LogP contribution in [0.1, 0.15) is 22.8 Å². The van der Waals surface area contributed by atoms with E-state index in [-0.39, 0.29) is 11.6 Å². The first-order chi connectivity index (χ1) is 8.66. The van der Waals surface area contributed by atoms with Crippen LogP contribution in [0.4, 0.5) is 0 Å². The number of aromatic carboxylic acids is 1. The topological polar surface area (TPSA) is 71.2 Å². The Morgan fingerprint density at radius 2 is 2.33 bits per heavy atom. The molecule has 0 bridgehead atoms. The van der Waals surface area contributed by atoms with E-state index in [1.54, 1.807) is 12.1 Å². The number of carbonyl (C=O) groups is 1. The average molecular weight is 246 g/mol. The van der Waals surface area contributed by atoms with Crippen LogP contribution in [0.5, 0.6) is 0 Å². The number of carboxylic acid groups (broad SMARTS) is 1. The maximum atomic E-state index is 11.1. The Morgan fingerprint density at radius 1 is 1.50 bits per heavy atom. The Kier molecular flexibility index (Phi) is 2.52. The van der Waals surface area contributed by atoms with Crippen molar-refractivity contribution in [3.05, 3.63) is 23.8 Å². The number of likely N-dealkylation sites (N-methyl/N-ethyl adjacent to an activating group) is 1. The summed E-state index contributed by atoms with van der Waals surface area (Å²) in [5.41, 5.74) is 1.49. The minimum absolute atomic E-state index is 0.213. The maximum Gasteiger partial charge on any atom is 0.338 e. The van der Waals surface area contributed by atoms with Crippen LogP contribution in [-0.2, 0) is 0 Å². The fourth-order valence-electron chi connectivity index (χ4n) is 2.52. The number of rotatable bonds is 2. The lowest BCUT2D eigenvalue weighted by Gasteiger charge is -2.11. The Labute approximate surface area is 104 Å². The highest BCUT2D eigenvalue weighted by Gasteiger charge is 2.24. The van der Waals surface area contributed by atoms with E-state index in [1.165, 1.54) is 0 Å². The third-order valence-corrected chi connectivity index (χ3v) is 3.45. The first kappa shape index (κ1) is 11.2. The molecule has 18 heavy (non-hydrogen) atoms. The van der Waals surface area contributed by atoms with Gasteiger partial charge in [0.1, 0.15) is 5.52 Å². The molecule has 0 saturated carbocycles. The molecule has 0 spiro atoms. The third kappa shape index (κ3) is 1.65. The molecule has 2 aromatic rings. The zero-order valence-electron chi connectivity index (χ0n) is 10.1. The summed E-state index contributed by atoms with van der Waals surface area (Å²) in [6.45, 7) is 1.96. The van der Waals surface area contributed by atoms with Crippen molar-refractivity contribution in [3.63, 3.8) is 0 Å². The largest absolute Gasteiger partial charge is 0.478 e. The van der Waals surface area contributed by atoms with Crippen LogP contribution in [0.25, 0.3) is 11.0 Å². The van der Waals surface area contributed by atoms with E-state index in [0.717, 1.165) is 25.0 Å². The molecule has 1 aromatic carbocycles. The molecule has 1 aliphatic rings. The lowest BCUT2D eigenvalue weighted by Crippen LogP contribution is -2.17. The highest BCUT2D eigenvalue weighted by Crippen LogP contribution is 2.24. The van der Waals surface area contributed by atoms with E-state index in [4.69, 9.17) is 5.11 Å². The highest BCUT2D eigenvalue weighted by atomic mass is 16.4. The lowest BCUT2D eigenvalue weighted by atomic mass is 10.1. The molecule has 1 atom stereocenters. The molecule has 0 aliphatic carbocycles. The average Bonchev–Trinajstić information content (AvgIpc) is 2.93. The van der Waals surface area contributed by atoms with E-state index in [2.05, 4.69) is 22.3 Å². The van der Waals surface area contributed by atoms with Crippen molar-refractivity contribution in [3.8, 4) is 0 Å². The van der Waals surface area contributed by atoms with Crippen LogP contribution in [0.3, 0.4) is 0 Å². The molecular formula is C12H14N4O2. The molecule has 1 aromatic heterocycles. The van der Waals surface area contributed by atoms with Crippen molar-refractivity contribution in [2.75, 3.05) is 20.1 Å². The fourth-order valence-corrected chi connectivity index (χ4v) is 2.52. The smallest absolute Gasteiger partial charge is 0.338 e. The zero-order valence-corrected chi connectivity index (χ0v) is 10.1. The molecule has 6 nitrogen and oxygen atoms in total. The second kappa shape index (κ2) is 4.06. The van der Waals surface area contributed by atoms with E-state index in [0.29, 0.717) is 5.52 Å². The van der Waals surface area contributed by atoms with Crippen molar-refractivity contribution in [2.24, 2.45) is 0 Å². The minimum Gasteiger partial charge on any atom is -0.478 e. The summed E-state index contributed by atoms with van der Waals surface area (Å²) in [5.74, 6) is -0.962. The Balaban J connectivity index is 2.10. The van der Waals surface area contributed by atoms with Gasteiger partial charge in [-0.1, -0.05) is 11.3 Å². The second-order valence-electron chi connectivity index (χ2n) is 4.72. The normalized spacial score (nSPS) is 20.6. The Morgan fingerprint density at radius 3 is 3.00 bits per heavy atom. The fraction of sp³-hybridized carbons (Fsp3) is 0.417. The van der Waals surface area contributed by atoms with Gasteiger partial charge in [0.25, 0.3) is 0 Å². The van der Waals surface area contributed by atoms with Gasteiger partial charge in [0.2, 0.25) is 0 Å². The first-order valence-electron chi connectivity index (χ1n) is 5.92. The highest BCUT2D eigenvalue weighted by molar-refractivity contribution is 6.00. The number of likely N-dealkylation sites (tertiary alicyclic amines) is 1. The van der Waals surface area contributed by atoms with Gasteiger partial charge in [-0.15, -0.1) is 5.10 Å². The SMILES string of the molecule is CN1CCC(n2nnc3c(C(=O)O)cccc32)C1. The van der Waals surface area contributed by atoms with Gasteiger partial charge in [0.05, 0.1) is 17.1 Å². The van der Waals surface area contributed by atoms with Crippen molar-refractivity contribution in [1.82, 2.24) is 19.9 Å². The van der Waals surface area contributed by atoms with Gasteiger partial charge in [-0.2, -0.15) is 0 Å². The number of nitrogens with zero attached hydrogens (tertiary/aromatic N) is 4. The van der Waals surface area contributed by atoms with Crippen molar-refractivity contribution < 1.29 is 9.90 Å². The van der Waals surface area contributed by atoms with E-state index in [1.807, 2.05) is 10.7 Å². The summed E-state index contributed by atoms with van der Waals surface area (Å²) in [7, 11) is 2.07. The molecule has 2 heterocycles. The predicted octanol–water partition coefficient (Wildman–Crippen LogP) is 1.01. The molecule has 1 N–H and O–H groups in total. The van der Waals surface area contributed by atoms with Crippen molar-refractivity contribution in [2.45, 2.75) is 12.5 Å². The molecule has 0 radical (unpaired) electrons. The van der Waals surface area contributed by atoms with Gasteiger partial charge in [-0.05, 0) is 25.6 Å². The molecule has 0 amide bonds. The zero-order chi connectivity index (χ0) is 12.7. The molecule has 3 rings (SSSR count). The summed E-state index contributed by atoms with van der Waals surface area (Å²) >= 11 is 0. The third-order valence-electron chi connectivity index (χ3n) is 3.45. The van der Waals surface area contributed by atoms with Gasteiger partial charge < -0.3 is 10.0 Å². The van der Waals surface area contributed by atoms with Crippen LogP contribution < -0.4 is 0 Å². The molecule has 6 heteroatoms. The van der Waals surface area contributed by atoms with Gasteiger partial charge >= 0.3 is 5.97 Å². The Bertz CT molecular complexity index is 607. The molecule has 1 aliphatic heterocycles. The molecule has 94 valence electrons. The van der Waals surface area contributed by atoms with E-state index < -0.39 is 5.97 Å². The lowest BCUT2D eigenvalue weighted by molar-refractivity contribution is 0.0699. The summed E-state index contributed by atoms with van der Waals surface area (Å²) in [6.07, 6.45) is 1.02. The number of benzene rings is 1. The van der Waals surface area contributed by atoms with Crippen LogP contribution in [-0.4, -0.2) is 51.1 Å². The molecular weight excluding hydrogens is 232 g/mol. The minimum atomic E-state index is -0.962. The van der Waals surface area contributed by atoms with E-state index >= 15 is 0 Å². The van der Waals surface area contributed by atoms with Gasteiger partial charge in [-0.25, -0.2) is 9.48 Å². The van der Waals surface area contributed by atoms with Crippen LogP contribution in [0.15, 0.2) is 18.2 Å². The number of aromatic nitrogens is 3. The number of hydrogen-bond donors (Lipinski definition) is 1. The second-order valence-corrected chi connectivity index (χ2v) is 4.72. The quantitative estimate of drug-likeness (QED) is 0.856. The Hall–Kier alpha value is -1.95. The van der Waals surface area contributed by atoms with Crippen LogP contribution in [0.2, 0.25) is 0 Å². The summed E-state index contributed by atoms with van der Waals surface area (Å²) in [4.78, 5) is 13.3. The number of carboxylic acids is 1. The van der Waals surface area contributed by atoms with Crippen LogP contribution >= 0.6 is 0 Å². The van der Waals surface area contributed by atoms with Crippen molar-refractivity contribution >= 4 is 17.0 Å².